The van der Waals surface area contributed by atoms with Crippen LogP contribution in [0.25, 0.3) is 0 Å². The first-order valence-electron chi connectivity index (χ1n) is 3.97. The van der Waals surface area contributed by atoms with E-state index >= 15 is 0 Å². The molecule has 12 heavy (non-hydrogen) atoms. The summed E-state index contributed by atoms with van der Waals surface area (Å²) >= 11 is 3.41. The normalized spacial score (nSPS) is 9.92. The fourth-order valence-corrected chi connectivity index (χ4v) is 1.59. The molecular formula is C10H13BrO. The molecule has 0 spiro atoms. The van der Waals surface area contributed by atoms with E-state index in [-0.39, 0.29) is 0 Å². The first kappa shape index (κ1) is 9.59. The van der Waals surface area contributed by atoms with E-state index in [1.165, 1.54) is 11.1 Å². The van der Waals surface area contributed by atoms with Crippen molar-refractivity contribution in [2.45, 2.75) is 13.3 Å². The van der Waals surface area contributed by atoms with Crippen LogP contribution in [-0.4, -0.2) is 12.4 Å². The monoisotopic (exact) mass is 228 g/mol. The van der Waals surface area contributed by atoms with Crippen molar-refractivity contribution in [3.63, 3.8) is 0 Å². The SMILES string of the molecule is COc1cc(C)ccc1CCBr. The average molecular weight is 229 g/mol. The Morgan fingerprint density at radius 1 is 1.42 bits per heavy atom. The third-order valence-corrected chi connectivity index (χ3v) is 2.20. The van der Waals surface area contributed by atoms with Crippen LogP contribution in [0.3, 0.4) is 0 Å². The topological polar surface area (TPSA) is 9.23 Å². The molecule has 0 aliphatic carbocycles. The van der Waals surface area contributed by atoms with Crippen LogP contribution in [0.5, 0.6) is 5.75 Å². The molecule has 0 bridgehead atoms. The molecule has 0 saturated heterocycles. The molecule has 0 N–H and O–H groups in total. The molecule has 1 aromatic rings. The smallest absolute Gasteiger partial charge is 0.122 e. The number of alkyl halides is 1. The molecule has 0 fully saturated rings. The number of benzene rings is 1. The van der Waals surface area contributed by atoms with Crippen LogP contribution >= 0.6 is 15.9 Å². The van der Waals surface area contributed by atoms with Gasteiger partial charge in [0.2, 0.25) is 0 Å². The summed E-state index contributed by atoms with van der Waals surface area (Å²) in [5.41, 5.74) is 2.50. The summed E-state index contributed by atoms with van der Waals surface area (Å²) in [4.78, 5) is 0. The second kappa shape index (κ2) is 4.51. The third-order valence-electron chi connectivity index (χ3n) is 1.81. The molecule has 0 amide bonds. The second-order valence-corrected chi connectivity index (χ2v) is 3.55. The van der Waals surface area contributed by atoms with Crippen LogP contribution < -0.4 is 4.74 Å². The van der Waals surface area contributed by atoms with Crippen molar-refractivity contribution in [1.29, 1.82) is 0 Å². The van der Waals surface area contributed by atoms with Crippen molar-refractivity contribution >= 4 is 15.9 Å². The molecule has 0 aromatic heterocycles. The van der Waals surface area contributed by atoms with Crippen LogP contribution in [0.4, 0.5) is 0 Å². The van der Waals surface area contributed by atoms with Crippen LogP contribution in [-0.2, 0) is 6.42 Å². The predicted octanol–water partition coefficient (Wildman–Crippen LogP) is 2.94. The van der Waals surface area contributed by atoms with Gasteiger partial charge < -0.3 is 4.74 Å². The Balaban J connectivity index is 2.94. The number of rotatable bonds is 3. The molecule has 0 atom stereocenters. The van der Waals surface area contributed by atoms with Crippen molar-refractivity contribution in [1.82, 2.24) is 0 Å². The number of ether oxygens (including phenoxy) is 1. The van der Waals surface area contributed by atoms with Crippen molar-refractivity contribution in [3.8, 4) is 5.75 Å². The van der Waals surface area contributed by atoms with Crippen molar-refractivity contribution in [2.75, 3.05) is 12.4 Å². The number of methoxy groups -OCH3 is 1. The highest BCUT2D eigenvalue weighted by Gasteiger charge is 2.00. The number of hydrogen-bond donors (Lipinski definition) is 0. The molecule has 0 saturated carbocycles. The van der Waals surface area contributed by atoms with Crippen molar-refractivity contribution < 1.29 is 4.74 Å². The fraction of sp³-hybridized carbons (Fsp3) is 0.400. The molecular weight excluding hydrogens is 216 g/mol. The first-order chi connectivity index (χ1) is 5.77. The summed E-state index contributed by atoms with van der Waals surface area (Å²) in [5.74, 6) is 0.995. The molecule has 66 valence electrons. The van der Waals surface area contributed by atoms with Crippen LogP contribution in [0.15, 0.2) is 18.2 Å². The zero-order valence-electron chi connectivity index (χ0n) is 7.43. The highest BCUT2D eigenvalue weighted by Crippen LogP contribution is 2.20. The van der Waals surface area contributed by atoms with Gasteiger partial charge in [-0.05, 0) is 30.5 Å². The molecule has 0 aliphatic rings. The van der Waals surface area contributed by atoms with Gasteiger partial charge >= 0.3 is 0 Å². The largest absolute Gasteiger partial charge is 0.496 e. The van der Waals surface area contributed by atoms with Crippen molar-refractivity contribution in [3.05, 3.63) is 29.3 Å². The molecule has 1 aromatic carbocycles. The van der Waals surface area contributed by atoms with Crippen molar-refractivity contribution in [2.24, 2.45) is 0 Å². The van der Waals surface area contributed by atoms with E-state index in [0.717, 1.165) is 17.5 Å². The minimum absolute atomic E-state index is 0.979. The standard InChI is InChI=1S/C10H13BrO/c1-8-3-4-9(5-6-11)10(7-8)12-2/h3-4,7H,5-6H2,1-2H3. The minimum Gasteiger partial charge on any atom is -0.496 e. The molecule has 0 radical (unpaired) electrons. The first-order valence-corrected chi connectivity index (χ1v) is 5.09. The van der Waals surface area contributed by atoms with Gasteiger partial charge in [-0.3, -0.25) is 0 Å². The van der Waals surface area contributed by atoms with E-state index in [1.807, 2.05) is 0 Å². The Morgan fingerprint density at radius 3 is 2.75 bits per heavy atom. The van der Waals surface area contributed by atoms with Gasteiger partial charge in [-0.1, -0.05) is 28.1 Å². The van der Waals surface area contributed by atoms with E-state index < -0.39 is 0 Å². The quantitative estimate of drug-likeness (QED) is 0.724. The van der Waals surface area contributed by atoms with E-state index in [2.05, 4.69) is 41.1 Å². The van der Waals surface area contributed by atoms with Gasteiger partial charge in [0.05, 0.1) is 7.11 Å². The molecule has 1 nitrogen and oxygen atoms in total. The summed E-state index contributed by atoms with van der Waals surface area (Å²) < 4.78 is 5.26. The Bertz CT molecular complexity index is 258. The van der Waals surface area contributed by atoms with Crippen LogP contribution in [0.2, 0.25) is 0 Å². The van der Waals surface area contributed by atoms with Gasteiger partial charge in [0.25, 0.3) is 0 Å². The van der Waals surface area contributed by atoms with Gasteiger partial charge in [-0.25, -0.2) is 0 Å². The third kappa shape index (κ3) is 2.24. The maximum atomic E-state index is 5.26. The summed E-state index contributed by atoms with van der Waals surface area (Å²) in [5, 5.41) is 0.979. The lowest BCUT2D eigenvalue weighted by molar-refractivity contribution is 0.410. The Kier molecular flexibility index (Phi) is 3.60. The van der Waals surface area contributed by atoms with Gasteiger partial charge in [0.15, 0.2) is 0 Å². The zero-order chi connectivity index (χ0) is 8.97. The van der Waals surface area contributed by atoms with Gasteiger partial charge in [-0.2, -0.15) is 0 Å². The highest BCUT2D eigenvalue weighted by atomic mass is 79.9. The fourth-order valence-electron chi connectivity index (χ4n) is 1.16. The van der Waals surface area contributed by atoms with Gasteiger partial charge in [0.1, 0.15) is 5.75 Å². The maximum absolute atomic E-state index is 5.26. The maximum Gasteiger partial charge on any atom is 0.122 e. The summed E-state index contributed by atoms with van der Waals surface area (Å²) in [7, 11) is 1.71. The Labute approximate surface area is 81.9 Å². The minimum atomic E-state index is 0.979. The number of halogens is 1. The number of aryl methyl sites for hydroxylation is 2. The molecule has 0 heterocycles. The predicted molar refractivity (Wildman–Crippen MR) is 55.2 cm³/mol. The summed E-state index contributed by atoms with van der Waals surface area (Å²) in [6.45, 7) is 2.07. The van der Waals surface area contributed by atoms with Gasteiger partial charge in [-0.15, -0.1) is 0 Å². The lowest BCUT2D eigenvalue weighted by Crippen LogP contribution is -1.93. The molecule has 2 heteroatoms. The molecule has 1 rings (SSSR count). The van der Waals surface area contributed by atoms with Gasteiger partial charge in [0, 0.05) is 5.33 Å². The summed E-state index contributed by atoms with van der Waals surface area (Å²) in [6.07, 6.45) is 1.02. The van der Waals surface area contributed by atoms with E-state index in [9.17, 15) is 0 Å². The highest BCUT2D eigenvalue weighted by molar-refractivity contribution is 9.09. The molecule has 0 aliphatic heterocycles. The van der Waals surface area contributed by atoms with E-state index in [1.54, 1.807) is 7.11 Å². The summed E-state index contributed by atoms with van der Waals surface area (Å²) in [6, 6.07) is 6.30. The number of hydrogen-bond acceptors (Lipinski definition) is 1. The lowest BCUT2D eigenvalue weighted by Gasteiger charge is -2.07. The Morgan fingerprint density at radius 2 is 2.17 bits per heavy atom. The Hall–Kier alpha value is -0.500. The van der Waals surface area contributed by atoms with Crippen LogP contribution in [0, 0.1) is 6.92 Å². The average Bonchev–Trinajstić information content (AvgIpc) is 2.08. The van der Waals surface area contributed by atoms with Crippen LogP contribution in [0.1, 0.15) is 11.1 Å². The van der Waals surface area contributed by atoms with E-state index in [4.69, 9.17) is 4.74 Å². The molecule has 0 unspecified atom stereocenters. The lowest BCUT2D eigenvalue weighted by atomic mass is 10.1. The van der Waals surface area contributed by atoms with E-state index in [0.29, 0.717) is 0 Å². The second-order valence-electron chi connectivity index (χ2n) is 2.75. The zero-order valence-corrected chi connectivity index (χ0v) is 9.02.